The lowest BCUT2D eigenvalue weighted by molar-refractivity contribution is 0.0147. The van der Waals surface area contributed by atoms with Crippen LogP contribution in [-0.2, 0) is 11.3 Å². The van der Waals surface area contributed by atoms with Crippen LogP contribution in [0.5, 0.6) is 11.5 Å². The summed E-state index contributed by atoms with van der Waals surface area (Å²) in [7, 11) is 1.73. The van der Waals surface area contributed by atoms with Crippen LogP contribution in [0.4, 0.5) is 15.3 Å². The van der Waals surface area contributed by atoms with E-state index in [1.54, 1.807) is 33.9 Å². The summed E-state index contributed by atoms with van der Waals surface area (Å²) in [6, 6.07) is 19.9. The molecule has 0 bridgehead atoms. The number of hydrogen-bond acceptors (Lipinski definition) is 6. The number of ether oxygens (including phenoxy) is 2. The Morgan fingerprint density at radius 2 is 1.73 bits per heavy atom. The highest BCUT2D eigenvalue weighted by molar-refractivity contribution is 5.96. The highest BCUT2D eigenvalue weighted by Crippen LogP contribution is 2.26. The number of aldehydes is 1. The zero-order valence-electron chi connectivity index (χ0n) is 23.4. The summed E-state index contributed by atoms with van der Waals surface area (Å²) in [6.07, 6.45) is 3.28. The molecule has 1 unspecified atom stereocenters. The van der Waals surface area contributed by atoms with Crippen molar-refractivity contribution in [1.29, 1.82) is 0 Å². The van der Waals surface area contributed by atoms with Crippen molar-refractivity contribution in [2.75, 3.05) is 25.0 Å². The van der Waals surface area contributed by atoms with E-state index in [4.69, 9.17) is 9.47 Å². The first-order valence-corrected chi connectivity index (χ1v) is 13.4. The van der Waals surface area contributed by atoms with Gasteiger partial charge in [0.1, 0.15) is 22.8 Å². The molecule has 1 aliphatic rings. The molecule has 1 aromatic heterocycles. The maximum Gasteiger partial charge on any atom is 0.410 e. The number of piperidine rings is 1. The third-order valence-corrected chi connectivity index (χ3v) is 6.59. The van der Waals surface area contributed by atoms with E-state index in [0.717, 1.165) is 24.2 Å². The average molecular weight is 545 g/mol. The molecule has 1 fully saturated rings. The Hall–Kier alpha value is -4.40. The Morgan fingerprint density at radius 1 is 1.02 bits per heavy atom. The molecule has 1 atom stereocenters. The average Bonchev–Trinajstić information content (AvgIpc) is 2.96. The van der Waals surface area contributed by atoms with Gasteiger partial charge < -0.3 is 19.3 Å². The lowest BCUT2D eigenvalue weighted by Crippen LogP contribution is -2.54. The molecule has 1 aliphatic heterocycles. The topological polar surface area (TPSA) is 92.3 Å². The fourth-order valence-electron chi connectivity index (χ4n) is 4.56. The number of pyridine rings is 1. The number of likely N-dealkylation sites (N-methyl/N-ethyl adjacent to an activating group) is 1. The Labute approximate surface area is 235 Å². The summed E-state index contributed by atoms with van der Waals surface area (Å²) in [5, 5.41) is 0. The minimum Gasteiger partial charge on any atom is -0.457 e. The SMILES string of the molecule is CN(C(=O)N(Cc1ccc(Oc2ccccc2)cc1)c1cccnc1C=O)C1CCCN(C(=O)OC(C)(C)C)C1. The van der Waals surface area contributed by atoms with Crippen LogP contribution in [0.3, 0.4) is 0 Å². The molecule has 9 heteroatoms. The standard InChI is InChI=1S/C31H36N4O5/c1-31(2,3)40-30(38)34-19-9-10-24(21-34)33(4)29(37)35(28-13-8-18-32-27(28)22-36)20-23-14-16-26(17-15-23)39-25-11-6-5-7-12-25/h5-8,11-18,22,24H,9-10,19-21H2,1-4H3. The molecule has 0 aliphatic carbocycles. The first kappa shape index (κ1) is 28.6. The van der Waals surface area contributed by atoms with Crippen LogP contribution >= 0.6 is 0 Å². The quantitative estimate of drug-likeness (QED) is 0.332. The number of anilines is 1. The summed E-state index contributed by atoms with van der Waals surface area (Å²) >= 11 is 0. The van der Waals surface area contributed by atoms with Crippen LogP contribution in [0, 0.1) is 0 Å². The number of benzene rings is 2. The maximum absolute atomic E-state index is 14.0. The fraction of sp³-hybridized carbons (Fsp3) is 0.355. The smallest absolute Gasteiger partial charge is 0.410 e. The monoisotopic (exact) mass is 544 g/mol. The molecule has 2 aromatic carbocycles. The van der Waals surface area contributed by atoms with Crippen molar-refractivity contribution in [1.82, 2.24) is 14.8 Å². The third-order valence-electron chi connectivity index (χ3n) is 6.59. The molecule has 3 aromatic rings. The van der Waals surface area contributed by atoms with E-state index in [0.29, 0.717) is 30.8 Å². The first-order chi connectivity index (χ1) is 19.1. The molecule has 0 spiro atoms. The van der Waals surface area contributed by atoms with E-state index in [1.165, 1.54) is 6.20 Å². The Bertz CT molecular complexity index is 1310. The molecule has 0 saturated carbocycles. The van der Waals surface area contributed by atoms with E-state index in [1.807, 2.05) is 75.4 Å². The molecule has 4 rings (SSSR count). The molecule has 0 radical (unpaired) electrons. The molecule has 1 saturated heterocycles. The third kappa shape index (κ3) is 7.37. The van der Waals surface area contributed by atoms with Crippen LogP contribution in [0.25, 0.3) is 0 Å². The summed E-state index contributed by atoms with van der Waals surface area (Å²) < 4.78 is 11.5. The van der Waals surface area contributed by atoms with Crippen LogP contribution < -0.4 is 9.64 Å². The first-order valence-electron chi connectivity index (χ1n) is 13.4. The Kier molecular flexibility index (Phi) is 9.04. The van der Waals surface area contributed by atoms with Crippen LogP contribution in [0.2, 0.25) is 0 Å². The van der Waals surface area contributed by atoms with E-state index in [9.17, 15) is 14.4 Å². The van der Waals surface area contributed by atoms with E-state index < -0.39 is 5.60 Å². The predicted molar refractivity (Wildman–Crippen MR) is 153 cm³/mol. The lowest BCUT2D eigenvalue weighted by atomic mass is 10.0. The van der Waals surface area contributed by atoms with Gasteiger partial charge in [-0.3, -0.25) is 14.7 Å². The van der Waals surface area contributed by atoms with Crippen molar-refractivity contribution in [3.05, 3.63) is 84.2 Å². The van der Waals surface area contributed by atoms with Gasteiger partial charge in [-0.2, -0.15) is 0 Å². The van der Waals surface area contributed by atoms with Crippen LogP contribution in [0.1, 0.15) is 49.7 Å². The number of carbonyl (C=O) groups is 3. The van der Waals surface area contributed by atoms with Gasteiger partial charge in [-0.05, 0) is 75.6 Å². The Balaban J connectivity index is 1.54. The van der Waals surface area contributed by atoms with Gasteiger partial charge >= 0.3 is 12.1 Å². The second-order valence-electron chi connectivity index (χ2n) is 10.8. The van der Waals surface area contributed by atoms with Crippen molar-refractivity contribution in [3.8, 4) is 11.5 Å². The van der Waals surface area contributed by atoms with Crippen molar-refractivity contribution < 1.29 is 23.9 Å². The fourth-order valence-corrected chi connectivity index (χ4v) is 4.56. The van der Waals surface area contributed by atoms with Gasteiger partial charge in [0, 0.05) is 26.3 Å². The summed E-state index contributed by atoms with van der Waals surface area (Å²) in [6.45, 7) is 6.65. The van der Waals surface area contributed by atoms with E-state index >= 15 is 0 Å². The molecule has 0 N–H and O–H groups in total. The maximum atomic E-state index is 14.0. The molecule has 9 nitrogen and oxygen atoms in total. The highest BCUT2D eigenvalue weighted by Gasteiger charge is 2.33. The molecular formula is C31H36N4O5. The Morgan fingerprint density at radius 3 is 2.40 bits per heavy atom. The van der Waals surface area contributed by atoms with Gasteiger partial charge in [0.25, 0.3) is 0 Å². The van der Waals surface area contributed by atoms with Gasteiger partial charge in [0.05, 0.1) is 18.3 Å². The van der Waals surface area contributed by atoms with Crippen molar-refractivity contribution in [2.45, 2.75) is 51.8 Å². The number of likely N-dealkylation sites (tertiary alicyclic amines) is 1. The van der Waals surface area contributed by atoms with E-state index in [-0.39, 0.29) is 30.4 Å². The predicted octanol–water partition coefficient (Wildman–Crippen LogP) is 6.14. The van der Waals surface area contributed by atoms with Crippen molar-refractivity contribution >= 4 is 24.1 Å². The lowest BCUT2D eigenvalue weighted by Gasteiger charge is -2.40. The number of carbonyl (C=O) groups excluding carboxylic acids is 3. The van der Waals surface area contributed by atoms with Crippen LogP contribution in [-0.4, -0.2) is 65.0 Å². The number of rotatable bonds is 7. The second kappa shape index (κ2) is 12.6. The van der Waals surface area contributed by atoms with Gasteiger partial charge in [-0.1, -0.05) is 30.3 Å². The number of aromatic nitrogens is 1. The summed E-state index contributed by atoms with van der Waals surface area (Å²) in [5.41, 5.74) is 0.837. The number of urea groups is 1. The van der Waals surface area contributed by atoms with Gasteiger partial charge in [0.2, 0.25) is 0 Å². The molecule has 40 heavy (non-hydrogen) atoms. The normalized spacial score (nSPS) is 15.2. The number of nitrogens with zero attached hydrogens (tertiary/aromatic N) is 4. The van der Waals surface area contributed by atoms with Crippen LogP contribution in [0.15, 0.2) is 72.9 Å². The molecule has 2 heterocycles. The molecule has 210 valence electrons. The highest BCUT2D eigenvalue weighted by atomic mass is 16.6. The van der Waals surface area contributed by atoms with Gasteiger partial charge in [0.15, 0.2) is 6.29 Å². The molecular weight excluding hydrogens is 508 g/mol. The van der Waals surface area contributed by atoms with Gasteiger partial charge in [-0.25, -0.2) is 9.59 Å². The van der Waals surface area contributed by atoms with Crippen molar-refractivity contribution in [2.24, 2.45) is 0 Å². The number of amides is 3. The minimum atomic E-state index is -0.601. The zero-order chi connectivity index (χ0) is 28.7. The summed E-state index contributed by atoms with van der Waals surface area (Å²) in [5.74, 6) is 1.40. The second-order valence-corrected chi connectivity index (χ2v) is 10.8. The van der Waals surface area contributed by atoms with E-state index in [2.05, 4.69) is 4.98 Å². The molecule has 3 amide bonds. The van der Waals surface area contributed by atoms with Crippen molar-refractivity contribution in [3.63, 3.8) is 0 Å². The summed E-state index contributed by atoms with van der Waals surface area (Å²) in [4.78, 5) is 47.5. The zero-order valence-corrected chi connectivity index (χ0v) is 23.4. The van der Waals surface area contributed by atoms with Gasteiger partial charge in [-0.15, -0.1) is 0 Å². The minimum absolute atomic E-state index is 0.173. The largest absolute Gasteiger partial charge is 0.457 e. The number of para-hydroxylation sites is 1. The number of hydrogen-bond donors (Lipinski definition) is 0.